The summed E-state index contributed by atoms with van der Waals surface area (Å²) >= 11 is 0. The minimum absolute atomic E-state index is 1.04. The number of hydrogen-bond acceptors (Lipinski definition) is 1. The van der Waals surface area contributed by atoms with Crippen molar-refractivity contribution in [3.8, 4) is 0 Å². The molecular formula is C11H13N. The second-order valence-corrected chi connectivity index (χ2v) is 2.51. The Labute approximate surface area is 73.5 Å². The van der Waals surface area contributed by atoms with Gasteiger partial charge >= 0.3 is 0 Å². The van der Waals surface area contributed by atoms with Crippen LogP contribution in [0, 0.1) is 0 Å². The van der Waals surface area contributed by atoms with Crippen LogP contribution in [0.5, 0.6) is 0 Å². The Hall–Kier alpha value is -1.37. The normalized spacial score (nSPS) is 10.4. The van der Waals surface area contributed by atoms with Crippen molar-refractivity contribution in [3.05, 3.63) is 48.2 Å². The summed E-state index contributed by atoms with van der Waals surface area (Å²) in [6, 6.07) is 8.24. The lowest BCUT2D eigenvalue weighted by Gasteiger charge is -1.99. The van der Waals surface area contributed by atoms with Gasteiger partial charge in [0.25, 0.3) is 0 Å². The van der Waals surface area contributed by atoms with Crippen LogP contribution in [0.3, 0.4) is 0 Å². The van der Waals surface area contributed by atoms with Crippen LogP contribution in [0.2, 0.25) is 0 Å². The topological polar surface area (TPSA) is 12.4 Å². The molecule has 1 aromatic rings. The molecule has 0 atom stereocenters. The largest absolute Gasteiger partial charge is 0.265 e. The number of aryl methyl sites for hydroxylation is 1. The van der Waals surface area contributed by atoms with Crippen LogP contribution in [0.15, 0.2) is 42.0 Å². The van der Waals surface area contributed by atoms with Gasteiger partial charge in [-0.1, -0.05) is 37.8 Å². The Bertz CT molecular complexity index is 287. The molecule has 0 heterocycles. The molecule has 12 heavy (non-hydrogen) atoms. The van der Waals surface area contributed by atoms with E-state index >= 15 is 0 Å². The maximum Gasteiger partial charge on any atom is 0.0342 e. The van der Waals surface area contributed by atoms with Gasteiger partial charge in [-0.2, -0.15) is 0 Å². The summed E-state index contributed by atoms with van der Waals surface area (Å²) in [5.74, 6) is 0. The molecule has 0 bridgehead atoms. The van der Waals surface area contributed by atoms with E-state index in [-0.39, 0.29) is 0 Å². The highest BCUT2D eigenvalue weighted by atomic mass is 14.7. The van der Waals surface area contributed by atoms with Gasteiger partial charge in [-0.3, -0.25) is 4.99 Å². The van der Waals surface area contributed by atoms with E-state index in [9.17, 15) is 0 Å². The zero-order valence-corrected chi connectivity index (χ0v) is 7.33. The lowest BCUT2D eigenvalue weighted by atomic mass is 10.1. The molecule has 0 spiro atoms. The number of nitrogens with zero attached hydrogens (tertiary/aromatic N) is 1. The maximum absolute atomic E-state index is 3.99. The quantitative estimate of drug-likeness (QED) is 0.601. The van der Waals surface area contributed by atoms with E-state index in [1.54, 1.807) is 6.20 Å². The van der Waals surface area contributed by atoms with Crippen molar-refractivity contribution in [2.24, 2.45) is 4.99 Å². The smallest absolute Gasteiger partial charge is 0.0342 e. The van der Waals surface area contributed by atoms with E-state index in [4.69, 9.17) is 0 Å². The van der Waals surface area contributed by atoms with Crippen molar-refractivity contribution in [1.82, 2.24) is 0 Å². The molecule has 0 aliphatic rings. The summed E-state index contributed by atoms with van der Waals surface area (Å²) in [6.45, 7) is 5.67. The SMILES string of the molecule is C=CN=Cc1ccccc1CC. The Morgan fingerprint density at radius 1 is 1.42 bits per heavy atom. The van der Waals surface area contributed by atoms with Crippen molar-refractivity contribution in [2.75, 3.05) is 0 Å². The summed E-state index contributed by atoms with van der Waals surface area (Å²) in [7, 11) is 0. The molecule has 0 fully saturated rings. The second-order valence-electron chi connectivity index (χ2n) is 2.51. The van der Waals surface area contributed by atoms with Gasteiger partial charge in [0.2, 0.25) is 0 Å². The molecule has 0 amide bonds. The van der Waals surface area contributed by atoms with Gasteiger partial charge < -0.3 is 0 Å². The average molecular weight is 159 g/mol. The lowest BCUT2D eigenvalue weighted by molar-refractivity contribution is 1.13. The van der Waals surface area contributed by atoms with Crippen LogP contribution >= 0.6 is 0 Å². The van der Waals surface area contributed by atoms with Crippen LogP contribution in [0.1, 0.15) is 18.1 Å². The molecule has 1 heteroatoms. The molecule has 62 valence electrons. The first-order valence-electron chi connectivity index (χ1n) is 4.10. The van der Waals surface area contributed by atoms with E-state index in [1.165, 1.54) is 11.1 Å². The van der Waals surface area contributed by atoms with Gasteiger partial charge in [0.15, 0.2) is 0 Å². The molecule has 0 aliphatic heterocycles. The van der Waals surface area contributed by atoms with Crippen LogP contribution in [0.4, 0.5) is 0 Å². The van der Waals surface area contributed by atoms with Gasteiger partial charge in [0.05, 0.1) is 0 Å². The standard InChI is InChI=1S/C11H13N/c1-3-10-7-5-6-8-11(10)9-12-4-2/h4-9H,2-3H2,1H3. The van der Waals surface area contributed by atoms with Crippen molar-refractivity contribution >= 4 is 6.21 Å². The Morgan fingerprint density at radius 2 is 2.17 bits per heavy atom. The van der Waals surface area contributed by atoms with Gasteiger partial charge in [-0.05, 0) is 17.5 Å². The summed E-state index contributed by atoms with van der Waals surface area (Å²) < 4.78 is 0. The summed E-state index contributed by atoms with van der Waals surface area (Å²) in [4.78, 5) is 3.99. The number of benzene rings is 1. The third kappa shape index (κ3) is 2.06. The number of aliphatic imine (C=N–C) groups is 1. The second kappa shape index (κ2) is 4.50. The first-order valence-corrected chi connectivity index (χ1v) is 4.10. The van der Waals surface area contributed by atoms with Gasteiger partial charge in [-0.25, -0.2) is 0 Å². The monoisotopic (exact) mass is 159 g/mol. The van der Waals surface area contributed by atoms with Crippen LogP contribution < -0.4 is 0 Å². The number of hydrogen-bond donors (Lipinski definition) is 0. The molecule has 0 aromatic heterocycles. The summed E-state index contributed by atoms with van der Waals surface area (Å²) in [6.07, 6.45) is 4.43. The van der Waals surface area contributed by atoms with Gasteiger partial charge in [0, 0.05) is 12.4 Å². The third-order valence-corrected chi connectivity index (χ3v) is 1.76. The predicted molar refractivity (Wildman–Crippen MR) is 53.6 cm³/mol. The van der Waals surface area contributed by atoms with E-state index in [2.05, 4.69) is 30.6 Å². The van der Waals surface area contributed by atoms with E-state index in [0.29, 0.717) is 0 Å². The van der Waals surface area contributed by atoms with Crippen molar-refractivity contribution in [1.29, 1.82) is 0 Å². The highest BCUT2D eigenvalue weighted by molar-refractivity contribution is 5.82. The highest BCUT2D eigenvalue weighted by Gasteiger charge is 1.93. The van der Waals surface area contributed by atoms with Crippen LogP contribution in [-0.4, -0.2) is 6.21 Å². The third-order valence-electron chi connectivity index (χ3n) is 1.76. The Balaban J connectivity index is 2.96. The minimum atomic E-state index is 1.04. The fourth-order valence-electron chi connectivity index (χ4n) is 1.12. The Morgan fingerprint density at radius 3 is 2.83 bits per heavy atom. The molecule has 0 saturated heterocycles. The van der Waals surface area contributed by atoms with Gasteiger partial charge in [-0.15, -0.1) is 0 Å². The molecule has 1 rings (SSSR count). The molecule has 1 aromatic carbocycles. The molecular weight excluding hydrogens is 146 g/mol. The fraction of sp³-hybridized carbons (Fsp3) is 0.182. The predicted octanol–water partition coefficient (Wildman–Crippen LogP) is 2.81. The van der Waals surface area contributed by atoms with Crippen LogP contribution in [0.25, 0.3) is 0 Å². The van der Waals surface area contributed by atoms with Gasteiger partial charge in [0.1, 0.15) is 0 Å². The molecule has 0 saturated carbocycles. The van der Waals surface area contributed by atoms with E-state index in [1.807, 2.05) is 18.3 Å². The molecule has 0 N–H and O–H groups in total. The highest BCUT2D eigenvalue weighted by Crippen LogP contribution is 2.06. The molecule has 0 unspecified atom stereocenters. The molecule has 0 aliphatic carbocycles. The minimum Gasteiger partial charge on any atom is -0.265 e. The van der Waals surface area contributed by atoms with Crippen molar-refractivity contribution in [2.45, 2.75) is 13.3 Å². The summed E-state index contributed by atoms with van der Waals surface area (Å²) in [5.41, 5.74) is 2.50. The first kappa shape index (κ1) is 8.72. The lowest BCUT2D eigenvalue weighted by Crippen LogP contribution is -1.89. The zero-order valence-electron chi connectivity index (χ0n) is 7.33. The maximum atomic E-state index is 3.99. The zero-order chi connectivity index (χ0) is 8.81. The number of rotatable bonds is 3. The van der Waals surface area contributed by atoms with Crippen molar-refractivity contribution in [3.63, 3.8) is 0 Å². The molecule has 0 radical (unpaired) electrons. The summed E-state index contributed by atoms with van der Waals surface area (Å²) in [5, 5.41) is 0. The van der Waals surface area contributed by atoms with Crippen molar-refractivity contribution < 1.29 is 0 Å². The first-order chi connectivity index (χ1) is 5.88. The molecule has 1 nitrogen and oxygen atoms in total. The Kier molecular flexibility index (Phi) is 3.27. The van der Waals surface area contributed by atoms with E-state index < -0.39 is 0 Å². The van der Waals surface area contributed by atoms with E-state index in [0.717, 1.165) is 6.42 Å². The fourth-order valence-corrected chi connectivity index (χ4v) is 1.12. The van der Waals surface area contributed by atoms with Crippen LogP contribution in [-0.2, 0) is 6.42 Å². The average Bonchev–Trinajstić information content (AvgIpc) is 2.15.